The third kappa shape index (κ3) is 4.18. The van der Waals surface area contributed by atoms with Crippen LogP contribution in [-0.4, -0.2) is 50.6 Å². The van der Waals surface area contributed by atoms with Crippen molar-refractivity contribution >= 4 is 5.91 Å². The topological polar surface area (TPSA) is 44.4 Å². The van der Waals surface area contributed by atoms with E-state index in [0.29, 0.717) is 12.0 Å². The van der Waals surface area contributed by atoms with Gasteiger partial charge in [0.25, 0.3) is 0 Å². The van der Waals surface area contributed by atoms with Crippen LogP contribution in [0.5, 0.6) is 0 Å². The quantitative estimate of drug-likeness (QED) is 0.735. The number of likely N-dealkylation sites (N-methyl/N-ethyl adjacent to an activating group) is 1. The standard InChI is InChI=1S/C15H31N3O/c1-6-12(7-2)13(18(4)5)10-17-14(19)15(3)8-9-16-11-15/h12-13,16H,6-11H2,1-5H3,(H,17,19). The summed E-state index contributed by atoms with van der Waals surface area (Å²) in [7, 11) is 4.21. The SMILES string of the molecule is CCC(CC)C(CNC(=O)C1(C)CCNC1)N(C)C. The third-order valence-corrected chi connectivity index (χ3v) is 4.64. The van der Waals surface area contributed by atoms with Gasteiger partial charge in [0.05, 0.1) is 5.41 Å². The zero-order chi connectivity index (χ0) is 14.5. The molecule has 1 amide bonds. The molecule has 0 aromatic heterocycles. The van der Waals surface area contributed by atoms with Gasteiger partial charge in [0.2, 0.25) is 5.91 Å². The van der Waals surface area contributed by atoms with Crippen molar-refractivity contribution in [1.29, 1.82) is 0 Å². The Balaban J connectivity index is 2.54. The Morgan fingerprint density at radius 1 is 1.37 bits per heavy atom. The van der Waals surface area contributed by atoms with E-state index in [4.69, 9.17) is 0 Å². The van der Waals surface area contributed by atoms with E-state index in [-0.39, 0.29) is 11.3 Å². The maximum atomic E-state index is 12.3. The molecule has 0 bridgehead atoms. The van der Waals surface area contributed by atoms with Crippen molar-refractivity contribution in [3.63, 3.8) is 0 Å². The Hall–Kier alpha value is -0.610. The molecular weight excluding hydrogens is 238 g/mol. The van der Waals surface area contributed by atoms with Crippen molar-refractivity contribution in [3.05, 3.63) is 0 Å². The van der Waals surface area contributed by atoms with Crippen LogP contribution in [0.3, 0.4) is 0 Å². The first-order chi connectivity index (χ1) is 8.94. The van der Waals surface area contributed by atoms with E-state index in [1.165, 1.54) is 0 Å². The predicted molar refractivity (Wildman–Crippen MR) is 80.2 cm³/mol. The summed E-state index contributed by atoms with van der Waals surface area (Å²) in [5.41, 5.74) is -0.217. The molecule has 2 N–H and O–H groups in total. The summed E-state index contributed by atoms with van der Waals surface area (Å²) in [5, 5.41) is 6.45. The molecule has 2 atom stereocenters. The normalized spacial score (nSPS) is 25.0. The van der Waals surface area contributed by atoms with Gasteiger partial charge in [0.15, 0.2) is 0 Å². The van der Waals surface area contributed by atoms with Crippen LogP contribution < -0.4 is 10.6 Å². The zero-order valence-electron chi connectivity index (χ0n) is 13.3. The fourth-order valence-corrected chi connectivity index (χ4v) is 3.03. The maximum absolute atomic E-state index is 12.3. The molecule has 4 nitrogen and oxygen atoms in total. The second-order valence-corrected chi connectivity index (χ2v) is 6.30. The molecule has 2 unspecified atom stereocenters. The first-order valence-corrected chi connectivity index (χ1v) is 7.60. The van der Waals surface area contributed by atoms with Crippen LogP contribution in [0, 0.1) is 11.3 Å². The third-order valence-electron chi connectivity index (χ3n) is 4.64. The van der Waals surface area contributed by atoms with Crippen molar-refractivity contribution in [2.24, 2.45) is 11.3 Å². The molecule has 1 heterocycles. The second-order valence-electron chi connectivity index (χ2n) is 6.30. The monoisotopic (exact) mass is 269 g/mol. The number of carbonyl (C=O) groups excluding carboxylic acids is 1. The van der Waals surface area contributed by atoms with Crippen molar-refractivity contribution in [2.75, 3.05) is 33.7 Å². The average molecular weight is 269 g/mol. The number of hydrogen-bond donors (Lipinski definition) is 2. The molecule has 0 radical (unpaired) electrons. The lowest BCUT2D eigenvalue weighted by atomic mass is 9.88. The highest BCUT2D eigenvalue weighted by Crippen LogP contribution is 2.24. The summed E-state index contributed by atoms with van der Waals surface area (Å²) in [6.07, 6.45) is 3.26. The lowest BCUT2D eigenvalue weighted by Crippen LogP contribution is -2.48. The summed E-state index contributed by atoms with van der Waals surface area (Å²) >= 11 is 0. The number of nitrogens with one attached hydrogen (secondary N) is 2. The number of carbonyl (C=O) groups is 1. The van der Waals surface area contributed by atoms with E-state index in [1.807, 2.05) is 0 Å². The highest BCUT2D eigenvalue weighted by atomic mass is 16.2. The van der Waals surface area contributed by atoms with Crippen LogP contribution in [-0.2, 0) is 4.79 Å². The first-order valence-electron chi connectivity index (χ1n) is 7.60. The van der Waals surface area contributed by atoms with Gasteiger partial charge in [0.1, 0.15) is 0 Å². The van der Waals surface area contributed by atoms with Gasteiger partial charge in [-0.05, 0) is 39.9 Å². The lowest BCUT2D eigenvalue weighted by Gasteiger charge is -2.32. The molecule has 19 heavy (non-hydrogen) atoms. The number of nitrogens with zero attached hydrogens (tertiary/aromatic N) is 1. The Kier molecular flexibility index (Phi) is 6.27. The van der Waals surface area contributed by atoms with E-state index >= 15 is 0 Å². The lowest BCUT2D eigenvalue weighted by molar-refractivity contribution is -0.129. The molecule has 1 aliphatic rings. The maximum Gasteiger partial charge on any atom is 0.227 e. The summed E-state index contributed by atoms with van der Waals surface area (Å²) in [4.78, 5) is 14.6. The first kappa shape index (κ1) is 16.4. The molecule has 0 aromatic rings. The van der Waals surface area contributed by atoms with Gasteiger partial charge in [-0.2, -0.15) is 0 Å². The molecule has 1 aliphatic heterocycles. The van der Waals surface area contributed by atoms with E-state index in [2.05, 4.69) is 50.4 Å². The van der Waals surface area contributed by atoms with Crippen LogP contribution in [0.2, 0.25) is 0 Å². The largest absolute Gasteiger partial charge is 0.354 e. The second kappa shape index (κ2) is 7.25. The van der Waals surface area contributed by atoms with Crippen LogP contribution in [0.1, 0.15) is 40.0 Å². The van der Waals surface area contributed by atoms with Crippen molar-refractivity contribution in [2.45, 2.75) is 46.1 Å². The van der Waals surface area contributed by atoms with Gasteiger partial charge in [-0.1, -0.05) is 26.7 Å². The minimum absolute atomic E-state index is 0.204. The van der Waals surface area contributed by atoms with Crippen molar-refractivity contribution in [1.82, 2.24) is 15.5 Å². The van der Waals surface area contributed by atoms with E-state index in [9.17, 15) is 4.79 Å². The summed E-state index contributed by atoms with van der Waals surface area (Å²) in [6.45, 7) is 9.03. The highest BCUT2D eigenvalue weighted by Gasteiger charge is 2.36. The minimum atomic E-state index is -0.217. The van der Waals surface area contributed by atoms with Gasteiger partial charge in [-0.3, -0.25) is 4.79 Å². The van der Waals surface area contributed by atoms with Crippen LogP contribution in [0.25, 0.3) is 0 Å². The summed E-state index contributed by atoms with van der Waals surface area (Å²) in [6, 6.07) is 0.428. The molecule has 0 aliphatic carbocycles. The van der Waals surface area contributed by atoms with E-state index in [1.54, 1.807) is 0 Å². The molecular formula is C15H31N3O. The predicted octanol–water partition coefficient (Wildman–Crippen LogP) is 1.47. The molecule has 0 saturated carbocycles. The Morgan fingerprint density at radius 2 is 2.00 bits per heavy atom. The summed E-state index contributed by atoms with van der Waals surface area (Å²) in [5.74, 6) is 0.847. The summed E-state index contributed by atoms with van der Waals surface area (Å²) < 4.78 is 0. The molecule has 1 rings (SSSR count). The fourth-order valence-electron chi connectivity index (χ4n) is 3.03. The number of rotatable bonds is 7. The van der Waals surface area contributed by atoms with Crippen molar-refractivity contribution < 1.29 is 4.79 Å². The Bertz CT molecular complexity index is 281. The van der Waals surface area contributed by atoms with Crippen LogP contribution >= 0.6 is 0 Å². The molecule has 1 saturated heterocycles. The van der Waals surface area contributed by atoms with Gasteiger partial charge >= 0.3 is 0 Å². The average Bonchev–Trinajstić information content (AvgIpc) is 2.82. The fraction of sp³-hybridized carbons (Fsp3) is 0.933. The molecule has 112 valence electrons. The number of hydrogen-bond acceptors (Lipinski definition) is 3. The van der Waals surface area contributed by atoms with Crippen LogP contribution in [0.15, 0.2) is 0 Å². The minimum Gasteiger partial charge on any atom is -0.354 e. The van der Waals surface area contributed by atoms with Gasteiger partial charge in [-0.15, -0.1) is 0 Å². The van der Waals surface area contributed by atoms with Gasteiger partial charge < -0.3 is 15.5 Å². The zero-order valence-corrected chi connectivity index (χ0v) is 13.3. The molecule has 1 fully saturated rings. The van der Waals surface area contributed by atoms with Crippen LogP contribution in [0.4, 0.5) is 0 Å². The molecule has 0 spiro atoms. The van der Waals surface area contributed by atoms with Gasteiger partial charge in [0, 0.05) is 19.1 Å². The van der Waals surface area contributed by atoms with Crippen molar-refractivity contribution in [3.8, 4) is 0 Å². The smallest absolute Gasteiger partial charge is 0.227 e. The Labute approximate surface area is 118 Å². The van der Waals surface area contributed by atoms with E-state index < -0.39 is 0 Å². The highest BCUT2D eigenvalue weighted by molar-refractivity contribution is 5.82. The molecule has 4 heteroatoms. The number of amides is 1. The van der Waals surface area contributed by atoms with Gasteiger partial charge in [-0.25, -0.2) is 0 Å². The van der Waals surface area contributed by atoms with E-state index in [0.717, 1.165) is 38.9 Å². The Morgan fingerprint density at radius 3 is 2.42 bits per heavy atom. The molecule has 0 aromatic carbocycles.